The number of hydrogen-bond acceptors (Lipinski definition) is 3. The molecular formula is C12H14N2OS. The molecule has 0 saturated carbocycles. The van der Waals surface area contributed by atoms with Crippen LogP contribution in [0.1, 0.15) is 18.6 Å². The van der Waals surface area contributed by atoms with Crippen LogP contribution in [0.4, 0.5) is 0 Å². The molecule has 1 aromatic carbocycles. The number of aryl methyl sites for hydroxylation is 1. The van der Waals surface area contributed by atoms with Gasteiger partial charge in [-0.2, -0.15) is 0 Å². The largest absolute Gasteiger partial charge is 0.389 e. The van der Waals surface area contributed by atoms with Crippen LogP contribution in [-0.2, 0) is 7.05 Å². The Morgan fingerprint density at radius 3 is 2.50 bits per heavy atom. The molecular weight excluding hydrogens is 220 g/mol. The van der Waals surface area contributed by atoms with E-state index in [9.17, 15) is 5.11 Å². The fourth-order valence-electron chi connectivity index (χ4n) is 1.37. The first-order chi connectivity index (χ1) is 7.66. The zero-order chi connectivity index (χ0) is 11.5. The zero-order valence-corrected chi connectivity index (χ0v) is 10.1. The van der Waals surface area contributed by atoms with Gasteiger partial charge >= 0.3 is 0 Å². The maximum Gasteiger partial charge on any atom is 0.172 e. The topological polar surface area (TPSA) is 38.1 Å². The first-order valence-electron chi connectivity index (χ1n) is 5.10. The molecule has 1 unspecified atom stereocenters. The lowest BCUT2D eigenvalue weighted by Crippen LogP contribution is -1.91. The van der Waals surface area contributed by atoms with E-state index in [0.29, 0.717) is 0 Å². The highest BCUT2D eigenvalue weighted by molar-refractivity contribution is 7.99. The third-order valence-corrected chi connectivity index (χ3v) is 3.43. The van der Waals surface area contributed by atoms with Crippen molar-refractivity contribution in [2.24, 2.45) is 7.05 Å². The second-order valence-electron chi connectivity index (χ2n) is 3.67. The Morgan fingerprint density at radius 2 is 2.00 bits per heavy atom. The Labute approximate surface area is 99.1 Å². The van der Waals surface area contributed by atoms with Gasteiger partial charge in [-0.3, -0.25) is 0 Å². The van der Waals surface area contributed by atoms with Crippen molar-refractivity contribution in [3.05, 3.63) is 42.2 Å². The van der Waals surface area contributed by atoms with E-state index in [0.717, 1.165) is 15.6 Å². The smallest absolute Gasteiger partial charge is 0.172 e. The van der Waals surface area contributed by atoms with Gasteiger partial charge in [-0.15, -0.1) is 0 Å². The highest BCUT2D eigenvalue weighted by Crippen LogP contribution is 2.26. The molecule has 0 saturated heterocycles. The Hall–Kier alpha value is -1.26. The summed E-state index contributed by atoms with van der Waals surface area (Å²) in [6, 6.07) is 7.88. The normalized spacial score (nSPS) is 12.7. The molecule has 1 atom stereocenters. The summed E-state index contributed by atoms with van der Waals surface area (Å²) in [7, 11) is 1.97. The number of nitrogens with zero attached hydrogens (tertiary/aromatic N) is 2. The maximum absolute atomic E-state index is 9.39. The number of benzene rings is 1. The first kappa shape index (κ1) is 11.2. The predicted molar refractivity (Wildman–Crippen MR) is 64.4 cm³/mol. The van der Waals surface area contributed by atoms with Crippen LogP contribution in [-0.4, -0.2) is 14.7 Å². The molecule has 0 bridgehead atoms. The van der Waals surface area contributed by atoms with Crippen LogP contribution in [0.15, 0.2) is 46.7 Å². The lowest BCUT2D eigenvalue weighted by molar-refractivity contribution is 0.199. The summed E-state index contributed by atoms with van der Waals surface area (Å²) >= 11 is 1.61. The minimum Gasteiger partial charge on any atom is -0.389 e. The maximum atomic E-state index is 9.39. The van der Waals surface area contributed by atoms with Crippen LogP contribution < -0.4 is 0 Å². The summed E-state index contributed by atoms with van der Waals surface area (Å²) in [4.78, 5) is 5.37. The third-order valence-electron chi connectivity index (χ3n) is 2.35. The van der Waals surface area contributed by atoms with Crippen molar-refractivity contribution in [3.63, 3.8) is 0 Å². The number of rotatable bonds is 3. The molecule has 0 amide bonds. The monoisotopic (exact) mass is 234 g/mol. The first-order valence-corrected chi connectivity index (χ1v) is 5.91. The van der Waals surface area contributed by atoms with E-state index in [1.807, 2.05) is 42.1 Å². The summed E-state index contributed by atoms with van der Waals surface area (Å²) in [6.45, 7) is 1.76. The van der Waals surface area contributed by atoms with Crippen LogP contribution >= 0.6 is 11.8 Å². The second kappa shape index (κ2) is 4.72. The molecule has 2 rings (SSSR count). The van der Waals surface area contributed by atoms with Crippen LogP contribution in [0.5, 0.6) is 0 Å². The van der Waals surface area contributed by atoms with Crippen LogP contribution in [0.2, 0.25) is 0 Å². The van der Waals surface area contributed by atoms with Gasteiger partial charge in [0.15, 0.2) is 5.16 Å². The number of aromatic nitrogens is 2. The van der Waals surface area contributed by atoms with E-state index in [4.69, 9.17) is 0 Å². The SMILES string of the molecule is CC(O)c1ccc(Sc2nccn2C)cc1. The Balaban J connectivity index is 2.14. The molecule has 1 N–H and O–H groups in total. The van der Waals surface area contributed by atoms with Crippen LogP contribution in [0.3, 0.4) is 0 Å². The molecule has 1 aromatic heterocycles. The quantitative estimate of drug-likeness (QED) is 0.887. The molecule has 0 spiro atoms. The minimum atomic E-state index is -0.410. The minimum absolute atomic E-state index is 0.410. The summed E-state index contributed by atoms with van der Waals surface area (Å²) in [5.74, 6) is 0. The van der Waals surface area contributed by atoms with Gasteiger partial charge in [0.2, 0.25) is 0 Å². The predicted octanol–water partition coefficient (Wildman–Crippen LogP) is 2.62. The van der Waals surface area contributed by atoms with Crippen LogP contribution in [0, 0.1) is 0 Å². The lowest BCUT2D eigenvalue weighted by Gasteiger charge is -2.05. The van der Waals surface area contributed by atoms with Crippen molar-refractivity contribution in [2.45, 2.75) is 23.1 Å². The van der Waals surface area contributed by atoms with E-state index in [1.165, 1.54) is 0 Å². The Bertz CT molecular complexity index is 462. The standard InChI is InChI=1S/C12H14N2OS/c1-9(15)10-3-5-11(6-4-10)16-12-13-7-8-14(12)2/h3-9,15H,1-2H3. The van der Waals surface area contributed by atoms with E-state index in [2.05, 4.69) is 4.98 Å². The molecule has 0 fully saturated rings. The average molecular weight is 234 g/mol. The van der Waals surface area contributed by atoms with Gasteiger partial charge in [0.1, 0.15) is 0 Å². The molecule has 4 heteroatoms. The van der Waals surface area contributed by atoms with Crippen molar-refractivity contribution in [3.8, 4) is 0 Å². The number of imidazole rings is 1. The fraction of sp³-hybridized carbons (Fsp3) is 0.250. The molecule has 0 radical (unpaired) electrons. The summed E-state index contributed by atoms with van der Waals surface area (Å²) in [6.07, 6.45) is 3.30. The molecule has 16 heavy (non-hydrogen) atoms. The van der Waals surface area contributed by atoms with Gasteiger partial charge in [0.25, 0.3) is 0 Å². The Morgan fingerprint density at radius 1 is 1.31 bits per heavy atom. The molecule has 84 valence electrons. The van der Waals surface area contributed by atoms with Crippen molar-refractivity contribution < 1.29 is 5.11 Å². The van der Waals surface area contributed by atoms with E-state index in [1.54, 1.807) is 24.9 Å². The van der Waals surface area contributed by atoms with Crippen molar-refractivity contribution in [1.82, 2.24) is 9.55 Å². The van der Waals surface area contributed by atoms with E-state index in [-0.39, 0.29) is 0 Å². The van der Waals surface area contributed by atoms with Gasteiger partial charge in [-0.25, -0.2) is 4.98 Å². The summed E-state index contributed by atoms with van der Waals surface area (Å²) in [5.41, 5.74) is 0.934. The van der Waals surface area contributed by atoms with Gasteiger partial charge < -0.3 is 9.67 Å². The number of aliphatic hydroxyl groups is 1. The molecule has 1 heterocycles. The van der Waals surface area contributed by atoms with Gasteiger partial charge in [-0.1, -0.05) is 23.9 Å². The molecule has 2 aromatic rings. The Kier molecular flexibility index (Phi) is 3.31. The fourth-order valence-corrected chi connectivity index (χ4v) is 2.17. The molecule has 0 aliphatic heterocycles. The van der Waals surface area contributed by atoms with Gasteiger partial charge in [0, 0.05) is 24.3 Å². The highest BCUT2D eigenvalue weighted by Gasteiger charge is 2.04. The van der Waals surface area contributed by atoms with E-state index >= 15 is 0 Å². The molecule has 0 aliphatic rings. The summed E-state index contributed by atoms with van der Waals surface area (Å²) in [5, 5.41) is 10.4. The van der Waals surface area contributed by atoms with Crippen molar-refractivity contribution >= 4 is 11.8 Å². The number of aliphatic hydroxyl groups excluding tert-OH is 1. The van der Waals surface area contributed by atoms with Crippen molar-refractivity contribution in [1.29, 1.82) is 0 Å². The summed E-state index contributed by atoms with van der Waals surface area (Å²) < 4.78 is 1.98. The third kappa shape index (κ3) is 2.46. The van der Waals surface area contributed by atoms with Gasteiger partial charge in [0.05, 0.1) is 6.10 Å². The highest BCUT2D eigenvalue weighted by atomic mass is 32.2. The second-order valence-corrected chi connectivity index (χ2v) is 4.71. The van der Waals surface area contributed by atoms with E-state index < -0.39 is 6.10 Å². The van der Waals surface area contributed by atoms with Crippen molar-refractivity contribution in [2.75, 3.05) is 0 Å². The molecule has 0 aliphatic carbocycles. The number of hydrogen-bond donors (Lipinski definition) is 1. The van der Waals surface area contributed by atoms with Crippen LogP contribution in [0.25, 0.3) is 0 Å². The lowest BCUT2D eigenvalue weighted by atomic mass is 10.1. The van der Waals surface area contributed by atoms with Gasteiger partial charge in [-0.05, 0) is 24.6 Å². The average Bonchev–Trinajstić information content (AvgIpc) is 2.65. The zero-order valence-electron chi connectivity index (χ0n) is 9.29. The molecule has 3 nitrogen and oxygen atoms in total.